The average molecular weight is 166 g/mol. The van der Waals surface area contributed by atoms with Crippen molar-refractivity contribution < 1.29 is 27.3 Å². The van der Waals surface area contributed by atoms with E-state index in [1.165, 1.54) is 0 Å². The first-order valence-electron chi connectivity index (χ1n) is 1.71. The summed E-state index contributed by atoms with van der Waals surface area (Å²) >= 11 is 0. The predicted octanol–water partition coefficient (Wildman–Crippen LogP) is 1.82. The summed E-state index contributed by atoms with van der Waals surface area (Å²) in [6.45, 7) is 0. The summed E-state index contributed by atoms with van der Waals surface area (Å²) in [4.78, 5) is 0. The number of hydrogen-bond donors (Lipinski definition) is 2. The molecule has 0 aliphatic heterocycles. The molecule has 1 atom stereocenters. The van der Waals surface area contributed by atoms with Crippen molar-refractivity contribution in [3.63, 3.8) is 0 Å². The van der Waals surface area contributed by atoms with Crippen molar-refractivity contribution >= 4 is 10.6 Å². The molecule has 0 fully saturated rings. The fourth-order valence-electron chi connectivity index (χ4n) is 0.0423. The highest BCUT2D eigenvalue weighted by molar-refractivity contribution is 8.25. The first-order chi connectivity index (χ1) is 3.81. The van der Waals surface area contributed by atoms with E-state index in [1.54, 1.807) is 0 Å². The molecule has 58 valence electrons. The molecule has 0 aliphatic carbocycles. The van der Waals surface area contributed by atoms with Crippen molar-refractivity contribution in [2.75, 3.05) is 6.26 Å². The van der Waals surface area contributed by atoms with Crippen molar-refractivity contribution in [2.45, 2.75) is 5.51 Å². The minimum Gasteiger partial charge on any atom is -0.290 e. The lowest BCUT2D eigenvalue weighted by molar-refractivity contribution is -0.157. The monoisotopic (exact) mass is 166 g/mol. The molecule has 1 unspecified atom stereocenters. The number of rotatable bonds is 1. The topological polar surface area (TPSA) is 49.7 Å². The molecule has 0 amide bonds. The van der Waals surface area contributed by atoms with Gasteiger partial charge in [-0.05, 0) is 0 Å². The van der Waals surface area contributed by atoms with Gasteiger partial charge in [-0.1, -0.05) is 10.6 Å². The molecular formula is C2H5F3O3S. The highest BCUT2D eigenvalue weighted by Gasteiger charge is 2.44. The Hall–Kier alpha value is 0.0200. The van der Waals surface area contributed by atoms with Crippen LogP contribution in [0.5, 0.6) is 0 Å². The maximum absolute atomic E-state index is 11.3. The molecule has 2 N–H and O–H groups in total. The van der Waals surface area contributed by atoms with Gasteiger partial charge in [-0.2, -0.15) is 13.2 Å². The molecule has 0 radical (unpaired) electrons. The molecule has 7 heteroatoms. The number of hydrogen-bond acceptors (Lipinski definition) is 3. The van der Waals surface area contributed by atoms with E-state index >= 15 is 0 Å². The van der Waals surface area contributed by atoms with Crippen molar-refractivity contribution in [1.29, 1.82) is 0 Å². The highest BCUT2D eigenvalue weighted by Crippen LogP contribution is 2.55. The Bertz CT molecular complexity index is 99.7. The zero-order valence-electron chi connectivity index (χ0n) is 4.34. The normalized spacial score (nSPS) is 22.9. The van der Waals surface area contributed by atoms with Crippen LogP contribution >= 0.6 is 10.6 Å². The lowest BCUT2D eigenvalue weighted by Crippen LogP contribution is -2.19. The van der Waals surface area contributed by atoms with Gasteiger partial charge in [-0.15, -0.1) is 4.33 Å². The van der Waals surface area contributed by atoms with Crippen LogP contribution in [-0.4, -0.2) is 21.6 Å². The smallest absolute Gasteiger partial charge is 0.290 e. The Balaban J connectivity index is 4.14. The molecular weight excluding hydrogens is 161 g/mol. The van der Waals surface area contributed by atoms with Crippen molar-refractivity contribution in [3.05, 3.63) is 0 Å². The molecule has 0 aliphatic rings. The summed E-state index contributed by atoms with van der Waals surface area (Å²) in [6.07, 6.45) is 0.368. The van der Waals surface area contributed by atoms with Crippen LogP contribution in [0.3, 0.4) is 0 Å². The van der Waals surface area contributed by atoms with Crippen LogP contribution in [-0.2, 0) is 4.33 Å². The molecule has 0 spiro atoms. The summed E-state index contributed by atoms with van der Waals surface area (Å²) in [5.74, 6) is 0. The molecule has 9 heavy (non-hydrogen) atoms. The zero-order valence-corrected chi connectivity index (χ0v) is 5.16. The molecule has 0 heterocycles. The second kappa shape index (κ2) is 2.33. The third-order valence-corrected chi connectivity index (χ3v) is 1.72. The Morgan fingerprint density at radius 2 is 1.78 bits per heavy atom. The van der Waals surface area contributed by atoms with Crippen LogP contribution in [0.2, 0.25) is 0 Å². The van der Waals surface area contributed by atoms with Gasteiger partial charge in [0, 0.05) is 6.26 Å². The summed E-state index contributed by atoms with van der Waals surface area (Å²) in [5.41, 5.74) is -4.89. The van der Waals surface area contributed by atoms with Crippen LogP contribution < -0.4 is 0 Å². The van der Waals surface area contributed by atoms with E-state index in [0.717, 1.165) is 0 Å². The maximum Gasteiger partial charge on any atom is 0.498 e. The van der Waals surface area contributed by atoms with Crippen LogP contribution in [0.15, 0.2) is 0 Å². The van der Waals surface area contributed by atoms with Gasteiger partial charge < -0.3 is 0 Å². The largest absolute Gasteiger partial charge is 0.498 e. The van der Waals surface area contributed by atoms with Gasteiger partial charge >= 0.3 is 5.51 Å². The van der Waals surface area contributed by atoms with Gasteiger partial charge in [0.05, 0.1) is 0 Å². The molecule has 0 aromatic carbocycles. The molecule has 0 aromatic heterocycles. The van der Waals surface area contributed by atoms with Crippen LogP contribution in [0.25, 0.3) is 0 Å². The van der Waals surface area contributed by atoms with Crippen LogP contribution in [0.4, 0.5) is 13.2 Å². The van der Waals surface area contributed by atoms with Gasteiger partial charge in [0.1, 0.15) is 0 Å². The molecule has 0 bridgehead atoms. The quantitative estimate of drug-likeness (QED) is 0.461. The molecule has 0 saturated heterocycles. The Labute approximate surface area is 50.7 Å². The number of alkyl halides is 3. The van der Waals surface area contributed by atoms with E-state index in [9.17, 15) is 13.2 Å². The highest BCUT2D eigenvalue weighted by atomic mass is 32.3. The van der Waals surface area contributed by atoms with E-state index in [2.05, 4.69) is 4.33 Å². The third kappa shape index (κ3) is 2.01. The van der Waals surface area contributed by atoms with Crippen molar-refractivity contribution in [3.8, 4) is 0 Å². The Morgan fingerprint density at radius 1 is 1.44 bits per heavy atom. The van der Waals surface area contributed by atoms with Gasteiger partial charge in [0.25, 0.3) is 0 Å². The number of halogens is 3. The fourth-order valence-corrected chi connectivity index (χ4v) is 0.127. The van der Waals surface area contributed by atoms with E-state index < -0.39 is 16.1 Å². The Morgan fingerprint density at radius 3 is 1.78 bits per heavy atom. The van der Waals surface area contributed by atoms with E-state index in [4.69, 9.17) is 9.81 Å². The minimum absolute atomic E-state index is 0.368. The van der Waals surface area contributed by atoms with Gasteiger partial charge in [0.15, 0.2) is 0 Å². The standard InChI is InChI=1S/C2H5F3O3S/c1-9(7,8-6)2(3,4)5/h6-7H,1H3. The Kier molecular flexibility index (Phi) is 2.34. The third-order valence-electron chi connectivity index (χ3n) is 0.575. The minimum atomic E-state index is -4.89. The van der Waals surface area contributed by atoms with E-state index in [-0.39, 0.29) is 0 Å². The van der Waals surface area contributed by atoms with Crippen LogP contribution in [0, 0.1) is 0 Å². The summed E-state index contributed by atoms with van der Waals surface area (Å²) in [7, 11) is -4.28. The van der Waals surface area contributed by atoms with E-state index in [1.807, 2.05) is 0 Å². The predicted molar refractivity (Wildman–Crippen MR) is 25.9 cm³/mol. The molecule has 0 aromatic rings. The van der Waals surface area contributed by atoms with Gasteiger partial charge in [-0.25, -0.2) is 5.26 Å². The second-order valence-electron chi connectivity index (χ2n) is 1.32. The second-order valence-corrected chi connectivity index (χ2v) is 3.54. The fraction of sp³-hybridized carbons (Fsp3) is 1.00. The summed E-state index contributed by atoms with van der Waals surface area (Å²) in [6, 6.07) is 0. The van der Waals surface area contributed by atoms with Crippen molar-refractivity contribution in [2.24, 2.45) is 0 Å². The maximum atomic E-state index is 11.3. The lowest BCUT2D eigenvalue weighted by Gasteiger charge is -2.30. The molecule has 3 nitrogen and oxygen atoms in total. The molecule has 0 rings (SSSR count). The van der Waals surface area contributed by atoms with E-state index in [0.29, 0.717) is 6.26 Å². The summed E-state index contributed by atoms with van der Waals surface area (Å²) < 4.78 is 45.0. The zero-order chi connectivity index (χ0) is 7.71. The first-order valence-corrected chi connectivity index (χ1v) is 3.63. The van der Waals surface area contributed by atoms with Gasteiger partial charge in [0.2, 0.25) is 0 Å². The molecule has 0 saturated carbocycles. The first kappa shape index (κ1) is 9.02. The lowest BCUT2D eigenvalue weighted by atomic mass is 11.6. The van der Waals surface area contributed by atoms with Gasteiger partial charge in [-0.3, -0.25) is 4.55 Å². The average Bonchev–Trinajstić information content (AvgIpc) is 1.64. The van der Waals surface area contributed by atoms with Crippen LogP contribution in [0.1, 0.15) is 0 Å². The van der Waals surface area contributed by atoms with Crippen molar-refractivity contribution in [1.82, 2.24) is 0 Å². The summed E-state index contributed by atoms with van der Waals surface area (Å²) in [5, 5.41) is 7.50. The SMILES string of the molecule is CS(O)(OO)C(F)(F)F.